The maximum atomic E-state index is 12.6. The molecule has 1 heterocycles. The molecule has 0 radical (unpaired) electrons. The standard InChI is InChI=1S/C17H17N3O3S/c1-12-10-15(6-7-16(12)23-2)24(21,22)20-14-5-3-4-13(11-14)17-18-8-9-19-17/h3-11,20H,1-2H3,(H,18,19). The molecule has 24 heavy (non-hydrogen) atoms. The van der Waals surface area contributed by atoms with E-state index in [1.54, 1.807) is 56.8 Å². The Morgan fingerprint density at radius 2 is 2.00 bits per heavy atom. The molecule has 0 aliphatic carbocycles. The van der Waals surface area contributed by atoms with Crippen LogP contribution in [-0.4, -0.2) is 25.5 Å². The van der Waals surface area contributed by atoms with Gasteiger partial charge in [0.1, 0.15) is 11.6 Å². The summed E-state index contributed by atoms with van der Waals surface area (Å²) >= 11 is 0. The van der Waals surface area contributed by atoms with Crippen molar-refractivity contribution in [1.82, 2.24) is 9.97 Å². The number of nitrogens with zero attached hydrogens (tertiary/aromatic N) is 1. The molecule has 0 spiro atoms. The Hall–Kier alpha value is -2.80. The second-order valence-corrected chi connectivity index (χ2v) is 6.94. The molecule has 0 amide bonds. The number of nitrogens with one attached hydrogen (secondary N) is 2. The molecule has 0 bridgehead atoms. The lowest BCUT2D eigenvalue weighted by molar-refractivity contribution is 0.411. The summed E-state index contributed by atoms with van der Waals surface area (Å²) in [7, 11) is -2.13. The molecule has 2 aromatic carbocycles. The number of ether oxygens (including phenoxy) is 1. The minimum atomic E-state index is -3.68. The maximum absolute atomic E-state index is 12.6. The minimum absolute atomic E-state index is 0.184. The van der Waals surface area contributed by atoms with Crippen molar-refractivity contribution in [3.63, 3.8) is 0 Å². The van der Waals surface area contributed by atoms with Crippen molar-refractivity contribution in [3.8, 4) is 17.1 Å². The Morgan fingerprint density at radius 3 is 2.67 bits per heavy atom. The molecule has 0 aliphatic heterocycles. The SMILES string of the molecule is COc1ccc(S(=O)(=O)Nc2cccc(-c3ncc[nH]3)c2)cc1C. The van der Waals surface area contributed by atoms with Gasteiger partial charge in [-0.05, 0) is 42.8 Å². The second kappa shape index (κ2) is 6.37. The molecule has 124 valence electrons. The second-order valence-electron chi connectivity index (χ2n) is 5.26. The summed E-state index contributed by atoms with van der Waals surface area (Å²) in [4.78, 5) is 7.34. The van der Waals surface area contributed by atoms with E-state index in [0.717, 1.165) is 11.1 Å². The number of aromatic amines is 1. The quantitative estimate of drug-likeness (QED) is 0.745. The van der Waals surface area contributed by atoms with E-state index in [1.807, 2.05) is 6.07 Å². The largest absolute Gasteiger partial charge is 0.496 e. The summed E-state index contributed by atoms with van der Waals surface area (Å²) in [5.74, 6) is 1.32. The fourth-order valence-corrected chi connectivity index (χ4v) is 3.52. The van der Waals surface area contributed by atoms with Crippen LogP contribution in [0.3, 0.4) is 0 Å². The molecule has 7 heteroatoms. The molecule has 6 nitrogen and oxygen atoms in total. The molecule has 0 fully saturated rings. The first kappa shape index (κ1) is 16.1. The van der Waals surface area contributed by atoms with Crippen LogP contribution in [0, 0.1) is 6.92 Å². The average molecular weight is 343 g/mol. The Balaban J connectivity index is 1.90. The van der Waals surface area contributed by atoms with E-state index in [2.05, 4.69) is 14.7 Å². The van der Waals surface area contributed by atoms with Gasteiger partial charge in [0, 0.05) is 23.6 Å². The van der Waals surface area contributed by atoms with Gasteiger partial charge in [-0.3, -0.25) is 4.72 Å². The fraction of sp³-hybridized carbons (Fsp3) is 0.118. The number of anilines is 1. The number of sulfonamides is 1. The highest BCUT2D eigenvalue weighted by Gasteiger charge is 2.16. The molecule has 1 aromatic heterocycles. The molecule has 3 aromatic rings. The van der Waals surface area contributed by atoms with Gasteiger partial charge in [0.15, 0.2) is 0 Å². The molecule has 0 saturated carbocycles. The first-order valence-electron chi connectivity index (χ1n) is 7.27. The van der Waals surface area contributed by atoms with Gasteiger partial charge in [-0.2, -0.15) is 0 Å². The predicted molar refractivity (Wildman–Crippen MR) is 92.6 cm³/mol. The topological polar surface area (TPSA) is 84.1 Å². The van der Waals surface area contributed by atoms with E-state index in [4.69, 9.17) is 4.74 Å². The lowest BCUT2D eigenvalue weighted by Crippen LogP contribution is -2.13. The fourth-order valence-electron chi connectivity index (χ4n) is 2.39. The lowest BCUT2D eigenvalue weighted by atomic mass is 10.2. The first-order valence-corrected chi connectivity index (χ1v) is 8.75. The summed E-state index contributed by atoms with van der Waals surface area (Å²) in [6.07, 6.45) is 3.36. The summed E-state index contributed by atoms with van der Waals surface area (Å²) < 4.78 is 32.9. The van der Waals surface area contributed by atoms with Gasteiger partial charge < -0.3 is 9.72 Å². The first-order chi connectivity index (χ1) is 11.5. The van der Waals surface area contributed by atoms with Gasteiger partial charge in [0.05, 0.1) is 12.0 Å². The number of rotatable bonds is 5. The number of hydrogen-bond donors (Lipinski definition) is 2. The Morgan fingerprint density at radius 1 is 1.17 bits per heavy atom. The number of methoxy groups -OCH3 is 1. The maximum Gasteiger partial charge on any atom is 0.261 e. The third-order valence-corrected chi connectivity index (χ3v) is 4.94. The van der Waals surface area contributed by atoms with Crippen LogP contribution in [0.1, 0.15) is 5.56 Å². The van der Waals surface area contributed by atoms with Crippen molar-refractivity contribution < 1.29 is 13.2 Å². The highest BCUT2D eigenvalue weighted by Crippen LogP contribution is 2.25. The molecule has 0 saturated heterocycles. The van der Waals surface area contributed by atoms with Crippen LogP contribution in [-0.2, 0) is 10.0 Å². The number of imidazole rings is 1. The van der Waals surface area contributed by atoms with Crippen molar-refractivity contribution in [2.24, 2.45) is 0 Å². The minimum Gasteiger partial charge on any atom is -0.496 e. The van der Waals surface area contributed by atoms with Gasteiger partial charge in [-0.25, -0.2) is 13.4 Å². The molecule has 3 rings (SSSR count). The summed E-state index contributed by atoms with van der Waals surface area (Å²) in [5, 5.41) is 0. The highest BCUT2D eigenvalue weighted by atomic mass is 32.2. The number of H-pyrrole nitrogens is 1. The van der Waals surface area contributed by atoms with Crippen molar-refractivity contribution in [3.05, 3.63) is 60.4 Å². The zero-order valence-electron chi connectivity index (χ0n) is 13.3. The van der Waals surface area contributed by atoms with Gasteiger partial charge in [0.25, 0.3) is 10.0 Å². The van der Waals surface area contributed by atoms with Gasteiger partial charge in [-0.1, -0.05) is 12.1 Å². The van der Waals surface area contributed by atoms with Crippen LogP contribution in [0.4, 0.5) is 5.69 Å². The third kappa shape index (κ3) is 3.26. The van der Waals surface area contributed by atoms with Crippen LogP contribution >= 0.6 is 0 Å². The van der Waals surface area contributed by atoms with Crippen molar-refractivity contribution in [2.75, 3.05) is 11.8 Å². The van der Waals surface area contributed by atoms with E-state index in [-0.39, 0.29) is 4.90 Å². The predicted octanol–water partition coefficient (Wildman–Crippen LogP) is 3.19. The van der Waals surface area contributed by atoms with Crippen molar-refractivity contribution in [1.29, 1.82) is 0 Å². The molecule has 0 atom stereocenters. The highest BCUT2D eigenvalue weighted by molar-refractivity contribution is 7.92. The summed E-state index contributed by atoms with van der Waals surface area (Å²) in [5.41, 5.74) is 2.02. The molecule has 2 N–H and O–H groups in total. The zero-order valence-corrected chi connectivity index (χ0v) is 14.1. The Kier molecular flexibility index (Phi) is 4.26. The molecular formula is C17H17N3O3S. The molecular weight excluding hydrogens is 326 g/mol. The van der Waals surface area contributed by atoms with E-state index in [9.17, 15) is 8.42 Å². The van der Waals surface area contributed by atoms with Crippen LogP contribution in [0.2, 0.25) is 0 Å². The number of aromatic nitrogens is 2. The lowest BCUT2D eigenvalue weighted by Gasteiger charge is -2.11. The van der Waals surface area contributed by atoms with E-state index < -0.39 is 10.0 Å². The summed E-state index contributed by atoms with van der Waals surface area (Å²) in [6.45, 7) is 1.80. The normalized spacial score (nSPS) is 11.2. The van der Waals surface area contributed by atoms with Gasteiger partial charge in [0.2, 0.25) is 0 Å². The molecule has 0 aliphatic rings. The summed E-state index contributed by atoms with van der Waals surface area (Å²) in [6, 6.07) is 11.8. The van der Waals surface area contributed by atoms with Crippen LogP contribution in [0.15, 0.2) is 59.8 Å². The van der Waals surface area contributed by atoms with Gasteiger partial charge >= 0.3 is 0 Å². The monoisotopic (exact) mass is 343 g/mol. The van der Waals surface area contributed by atoms with Crippen LogP contribution in [0.25, 0.3) is 11.4 Å². The van der Waals surface area contributed by atoms with Crippen LogP contribution in [0.5, 0.6) is 5.75 Å². The van der Waals surface area contributed by atoms with Crippen molar-refractivity contribution >= 4 is 15.7 Å². The zero-order chi connectivity index (χ0) is 17.2. The number of hydrogen-bond acceptors (Lipinski definition) is 4. The van der Waals surface area contributed by atoms with E-state index in [0.29, 0.717) is 17.3 Å². The third-order valence-electron chi connectivity index (χ3n) is 3.56. The van der Waals surface area contributed by atoms with E-state index in [1.165, 1.54) is 6.07 Å². The van der Waals surface area contributed by atoms with Gasteiger partial charge in [-0.15, -0.1) is 0 Å². The molecule has 0 unspecified atom stereocenters. The number of benzene rings is 2. The van der Waals surface area contributed by atoms with Crippen molar-refractivity contribution in [2.45, 2.75) is 11.8 Å². The van der Waals surface area contributed by atoms with E-state index >= 15 is 0 Å². The average Bonchev–Trinajstić information content (AvgIpc) is 3.09. The smallest absolute Gasteiger partial charge is 0.261 e. The van der Waals surface area contributed by atoms with Crippen LogP contribution < -0.4 is 9.46 Å². The Labute approximate surface area is 140 Å². The number of aryl methyl sites for hydroxylation is 1. The Bertz CT molecular complexity index is 951.